The maximum Gasteiger partial charge on any atom is 0.413 e. The molecule has 0 aliphatic carbocycles. The van der Waals surface area contributed by atoms with Crippen LogP contribution in [-0.4, -0.2) is 24.9 Å². The molecule has 1 aromatic rings. The Morgan fingerprint density at radius 2 is 2.17 bits per heavy atom. The molecular formula is C12H16N2O3S. The predicted octanol–water partition coefficient (Wildman–Crippen LogP) is 2.45. The van der Waals surface area contributed by atoms with Crippen molar-refractivity contribution in [1.82, 2.24) is 5.32 Å². The Morgan fingerprint density at radius 1 is 1.44 bits per heavy atom. The number of anilines is 1. The number of thiocarbonyl (C=S) groups is 1. The van der Waals surface area contributed by atoms with Gasteiger partial charge in [-0.1, -0.05) is 0 Å². The predicted molar refractivity (Wildman–Crippen MR) is 74.1 cm³/mol. The molecular weight excluding hydrogens is 252 g/mol. The summed E-state index contributed by atoms with van der Waals surface area (Å²) >= 11 is 4.99. The lowest BCUT2D eigenvalue weighted by molar-refractivity contribution is 0.158. The number of carbonyl (C=O) groups is 1. The van der Waals surface area contributed by atoms with Gasteiger partial charge in [0, 0.05) is 5.69 Å². The fourth-order valence-electron chi connectivity index (χ4n) is 1.32. The summed E-state index contributed by atoms with van der Waals surface area (Å²) in [7, 11) is 1.61. The van der Waals surface area contributed by atoms with Crippen LogP contribution in [0.5, 0.6) is 5.75 Å². The SMILES string of the molecule is CCOC(=O)NC(=S)Nc1ccc(OC)cc1C. The van der Waals surface area contributed by atoms with Gasteiger partial charge in [0.25, 0.3) is 0 Å². The van der Waals surface area contributed by atoms with Crippen molar-refractivity contribution >= 4 is 29.1 Å². The van der Waals surface area contributed by atoms with E-state index in [0.717, 1.165) is 17.0 Å². The zero-order chi connectivity index (χ0) is 13.5. The molecule has 0 saturated heterocycles. The van der Waals surface area contributed by atoms with Gasteiger partial charge in [-0.05, 0) is 49.8 Å². The molecule has 0 heterocycles. The van der Waals surface area contributed by atoms with Gasteiger partial charge >= 0.3 is 6.09 Å². The number of aryl methyl sites for hydroxylation is 1. The first-order valence-corrected chi connectivity index (χ1v) is 5.87. The molecule has 0 fully saturated rings. The highest BCUT2D eigenvalue weighted by Crippen LogP contribution is 2.20. The van der Waals surface area contributed by atoms with Gasteiger partial charge in [-0.2, -0.15) is 0 Å². The number of nitrogens with one attached hydrogen (secondary N) is 2. The number of rotatable bonds is 3. The number of benzene rings is 1. The summed E-state index contributed by atoms with van der Waals surface area (Å²) in [4.78, 5) is 11.1. The molecule has 18 heavy (non-hydrogen) atoms. The lowest BCUT2D eigenvalue weighted by atomic mass is 10.2. The summed E-state index contributed by atoms with van der Waals surface area (Å²) in [5.74, 6) is 0.766. The number of alkyl carbamates (subject to hydrolysis) is 1. The van der Waals surface area contributed by atoms with E-state index in [1.54, 1.807) is 14.0 Å². The molecule has 0 aliphatic heterocycles. The maximum atomic E-state index is 11.1. The quantitative estimate of drug-likeness (QED) is 0.825. The second-order valence-corrected chi connectivity index (χ2v) is 3.89. The molecule has 1 amide bonds. The van der Waals surface area contributed by atoms with Crippen molar-refractivity contribution in [3.8, 4) is 5.75 Å². The molecule has 0 atom stereocenters. The van der Waals surface area contributed by atoms with E-state index in [1.807, 2.05) is 25.1 Å². The minimum atomic E-state index is -0.568. The van der Waals surface area contributed by atoms with Crippen LogP contribution in [0.3, 0.4) is 0 Å². The summed E-state index contributed by atoms with van der Waals surface area (Å²) in [6, 6.07) is 5.50. The van der Waals surface area contributed by atoms with Crippen LogP contribution in [0.1, 0.15) is 12.5 Å². The van der Waals surface area contributed by atoms with Gasteiger partial charge in [0.1, 0.15) is 5.75 Å². The molecule has 98 valence electrons. The van der Waals surface area contributed by atoms with Crippen molar-refractivity contribution in [3.63, 3.8) is 0 Å². The molecule has 0 spiro atoms. The van der Waals surface area contributed by atoms with E-state index in [1.165, 1.54) is 0 Å². The average Bonchev–Trinajstić information content (AvgIpc) is 2.31. The summed E-state index contributed by atoms with van der Waals surface area (Å²) in [5.41, 5.74) is 1.76. The van der Waals surface area contributed by atoms with Crippen molar-refractivity contribution in [2.24, 2.45) is 0 Å². The first kappa shape index (κ1) is 14.2. The van der Waals surface area contributed by atoms with Gasteiger partial charge < -0.3 is 14.8 Å². The number of hydrogen-bond acceptors (Lipinski definition) is 4. The van der Waals surface area contributed by atoms with E-state index in [0.29, 0.717) is 6.61 Å². The largest absolute Gasteiger partial charge is 0.497 e. The summed E-state index contributed by atoms with van der Waals surface area (Å²) in [6.07, 6.45) is -0.568. The monoisotopic (exact) mass is 268 g/mol. The number of ether oxygens (including phenoxy) is 2. The van der Waals surface area contributed by atoms with Crippen molar-refractivity contribution in [2.75, 3.05) is 19.0 Å². The second-order valence-electron chi connectivity index (χ2n) is 3.48. The summed E-state index contributed by atoms with van der Waals surface area (Å²) < 4.78 is 9.82. The van der Waals surface area contributed by atoms with Gasteiger partial charge in [-0.25, -0.2) is 4.79 Å². The normalized spacial score (nSPS) is 9.50. The van der Waals surface area contributed by atoms with Crippen LogP contribution < -0.4 is 15.4 Å². The van der Waals surface area contributed by atoms with E-state index in [9.17, 15) is 4.79 Å². The molecule has 0 aromatic heterocycles. The molecule has 2 N–H and O–H groups in total. The van der Waals surface area contributed by atoms with Crippen LogP contribution in [0.2, 0.25) is 0 Å². The van der Waals surface area contributed by atoms with Gasteiger partial charge in [0.2, 0.25) is 0 Å². The second kappa shape index (κ2) is 6.80. The number of amides is 1. The third-order valence-electron chi connectivity index (χ3n) is 2.17. The summed E-state index contributed by atoms with van der Waals surface area (Å²) in [5, 5.41) is 5.52. The maximum absolute atomic E-state index is 11.1. The van der Waals surface area contributed by atoms with Crippen LogP contribution >= 0.6 is 12.2 Å². The summed E-state index contributed by atoms with van der Waals surface area (Å²) in [6.45, 7) is 3.94. The topological polar surface area (TPSA) is 59.6 Å². The van der Waals surface area contributed by atoms with Gasteiger partial charge in [0.05, 0.1) is 13.7 Å². The first-order valence-electron chi connectivity index (χ1n) is 5.46. The zero-order valence-electron chi connectivity index (χ0n) is 10.6. The molecule has 5 nitrogen and oxygen atoms in total. The molecule has 0 saturated carbocycles. The fraction of sp³-hybridized carbons (Fsp3) is 0.333. The third kappa shape index (κ3) is 4.21. The van der Waals surface area contributed by atoms with E-state index in [2.05, 4.69) is 10.6 Å². The van der Waals surface area contributed by atoms with Gasteiger partial charge in [-0.15, -0.1) is 0 Å². The van der Waals surface area contributed by atoms with Gasteiger partial charge in [0.15, 0.2) is 5.11 Å². The minimum absolute atomic E-state index is 0.196. The Kier molecular flexibility index (Phi) is 5.38. The molecule has 0 bridgehead atoms. The van der Waals surface area contributed by atoms with Crippen LogP contribution in [0.4, 0.5) is 10.5 Å². The lowest BCUT2D eigenvalue weighted by Crippen LogP contribution is -2.34. The smallest absolute Gasteiger partial charge is 0.413 e. The van der Waals surface area contributed by atoms with Crippen LogP contribution in [-0.2, 0) is 4.74 Å². The van der Waals surface area contributed by atoms with E-state index in [4.69, 9.17) is 21.7 Å². The van der Waals surface area contributed by atoms with Crippen molar-refractivity contribution in [3.05, 3.63) is 23.8 Å². The van der Waals surface area contributed by atoms with Crippen molar-refractivity contribution in [1.29, 1.82) is 0 Å². The number of carbonyl (C=O) groups excluding carboxylic acids is 1. The zero-order valence-corrected chi connectivity index (χ0v) is 11.4. The molecule has 0 aliphatic rings. The Morgan fingerprint density at radius 3 is 2.72 bits per heavy atom. The number of hydrogen-bond donors (Lipinski definition) is 2. The van der Waals surface area contributed by atoms with Gasteiger partial charge in [-0.3, -0.25) is 5.32 Å². The van der Waals surface area contributed by atoms with E-state index < -0.39 is 6.09 Å². The molecule has 1 aromatic carbocycles. The number of methoxy groups -OCH3 is 1. The van der Waals surface area contributed by atoms with Crippen molar-refractivity contribution in [2.45, 2.75) is 13.8 Å². The van der Waals surface area contributed by atoms with E-state index >= 15 is 0 Å². The molecule has 0 radical (unpaired) electrons. The highest BCUT2D eigenvalue weighted by Gasteiger charge is 2.06. The third-order valence-corrected chi connectivity index (χ3v) is 2.38. The fourth-order valence-corrected chi connectivity index (χ4v) is 1.51. The Bertz CT molecular complexity index is 449. The standard InChI is InChI=1S/C12H16N2O3S/c1-4-17-12(15)14-11(18)13-10-6-5-9(16-3)7-8(10)2/h5-7H,4H2,1-3H3,(H2,13,14,15,18). The Labute approximate surface area is 111 Å². The minimum Gasteiger partial charge on any atom is -0.497 e. The highest BCUT2D eigenvalue weighted by molar-refractivity contribution is 7.80. The Hall–Kier alpha value is -1.82. The molecule has 1 rings (SSSR count). The highest BCUT2D eigenvalue weighted by atomic mass is 32.1. The van der Waals surface area contributed by atoms with Crippen LogP contribution in [0.15, 0.2) is 18.2 Å². The van der Waals surface area contributed by atoms with Crippen molar-refractivity contribution < 1.29 is 14.3 Å². The van der Waals surface area contributed by atoms with Crippen LogP contribution in [0, 0.1) is 6.92 Å². The van der Waals surface area contributed by atoms with E-state index in [-0.39, 0.29) is 5.11 Å². The first-order chi connectivity index (χ1) is 8.56. The molecule has 6 heteroatoms. The Balaban J connectivity index is 2.62. The average molecular weight is 268 g/mol. The molecule has 0 unspecified atom stereocenters. The van der Waals surface area contributed by atoms with Crippen LogP contribution in [0.25, 0.3) is 0 Å². The lowest BCUT2D eigenvalue weighted by Gasteiger charge is -2.12.